The average molecular weight is 797 g/mol. The molecule has 0 radical (unpaired) electrons. The molecule has 3 heterocycles. The lowest BCUT2D eigenvalue weighted by molar-refractivity contribution is -0.135. The second kappa shape index (κ2) is 18.1. The second-order valence-electron chi connectivity index (χ2n) is 15.0. The summed E-state index contributed by atoms with van der Waals surface area (Å²) in [6.07, 6.45) is 2.55. The molecule has 6 aromatic rings. The van der Waals surface area contributed by atoms with E-state index in [1.807, 2.05) is 79.4 Å². The summed E-state index contributed by atoms with van der Waals surface area (Å²) in [5.41, 5.74) is 5.87. The van der Waals surface area contributed by atoms with Gasteiger partial charge < -0.3 is 40.3 Å². The lowest BCUT2D eigenvalue weighted by atomic mass is 10.0. The van der Waals surface area contributed by atoms with Crippen molar-refractivity contribution in [1.29, 1.82) is 0 Å². The van der Waals surface area contributed by atoms with Gasteiger partial charge in [-0.3, -0.25) is 9.59 Å². The zero-order valence-electron chi connectivity index (χ0n) is 33.6. The highest BCUT2D eigenvalue weighted by atomic mass is 16.5. The minimum atomic E-state index is -0.849. The van der Waals surface area contributed by atoms with Crippen molar-refractivity contribution in [3.8, 4) is 11.8 Å². The normalized spacial score (nSPS) is 14.8. The van der Waals surface area contributed by atoms with Crippen LogP contribution < -0.4 is 16.0 Å². The number of aryl methyl sites for hydroxylation is 1. The summed E-state index contributed by atoms with van der Waals surface area (Å²) in [6.45, 7) is 4.84. The molecule has 304 valence electrons. The molecule has 3 atom stereocenters. The van der Waals surface area contributed by atoms with Crippen molar-refractivity contribution in [3.63, 3.8) is 0 Å². The quantitative estimate of drug-likeness (QED) is 0.0681. The fourth-order valence-corrected chi connectivity index (χ4v) is 7.51. The van der Waals surface area contributed by atoms with Crippen LogP contribution in [0.1, 0.15) is 80.0 Å². The predicted molar refractivity (Wildman–Crippen MR) is 224 cm³/mol. The Balaban J connectivity index is 0.971. The van der Waals surface area contributed by atoms with Crippen LogP contribution in [-0.4, -0.2) is 82.2 Å². The highest BCUT2D eigenvalue weighted by Gasteiger charge is 2.37. The number of aromatic amines is 2. The summed E-state index contributed by atoms with van der Waals surface area (Å²) in [5, 5.41) is 10.2. The number of hydrogen-bond donors (Lipinski definition) is 5. The van der Waals surface area contributed by atoms with Gasteiger partial charge in [0.25, 0.3) is 0 Å². The topological polar surface area (TPSA) is 183 Å². The van der Waals surface area contributed by atoms with Crippen LogP contribution in [0.15, 0.2) is 78.9 Å². The molecule has 0 saturated carbocycles. The van der Waals surface area contributed by atoms with Gasteiger partial charge in [-0.25, -0.2) is 19.6 Å². The Kier molecular flexibility index (Phi) is 12.4. The molecule has 5 N–H and O–H groups in total. The number of carbonyl (C=O) groups excluding carboxylic acids is 4. The van der Waals surface area contributed by atoms with Gasteiger partial charge in [0.2, 0.25) is 11.8 Å². The molecular weight excluding hydrogens is 749 g/mol. The van der Waals surface area contributed by atoms with Crippen molar-refractivity contribution in [3.05, 3.63) is 107 Å². The maximum atomic E-state index is 13.6. The lowest BCUT2D eigenvalue weighted by Crippen LogP contribution is -2.51. The van der Waals surface area contributed by atoms with Gasteiger partial charge in [0, 0.05) is 36.0 Å². The van der Waals surface area contributed by atoms with Gasteiger partial charge in [0.05, 0.1) is 42.3 Å². The van der Waals surface area contributed by atoms with Crippen molar-refractivity contribution in [1.82, 2.24) is 40.8 Å². The molecule has 0 aliphatic carbocycles. The number of hydrogen-bond acceptors (Lipinski definition) is 8. The van der Waals surface area contributed by atoms with Crippen molar-refractivity contribution in [2.45, 2.75) is 64.1 Å². The Morgan fingerprint density at radius 1 is 0.847 bits per heavy atom. The molecule has 1 fully saturated rings. The number of unbranched alkanes of at least 4 members (excludes halogenated alkanes) is 1. The van der Waals surface area contributed by atoms with Crippen LogP contribution in [0.3, 0.4) is 0 Å². The van der Waals surface area contributed by atoms with Gasteiger partial charge in [0.15, 0.2) is 0 Å². The van der Waals surface area contributed by atoms with E-state index in [4.69, 9.17) is 19.4 Å². The number of nitrogens with one attached hydrogen (secondary N) is 5. The van der Waals surface area contributed by atoms with E-state index in [-0.39, 0.29) is 23.8 Å². The Bertz CT molecular complexity index is 2550. The Hall–Kier alpha value is -6.88. The first-order chi connectivity index (χ1) is 28.6. The first-order valence-corrected chi connectivity index (χ1v) is 19.9. The average Bonchev–Trinajstić information content (AvgIpc) is 4.02. The third-order valence-corrected chi connectivity index (χ3v) is 10.6. The van der Waals surface area contributed by atoms with E-state index in [1.165, 1.54) is 14.2 Å². The third-order valence-electron chi connectivity index (χ3n) is 10.6. The molecule has 4 aromatic carbocycles. The molecule has 14 nitrogen and oxygen atoms in total. The lowest BCUT2D eigenvalue weighted by Gasteiger charge is -2.29. The number of ether oxygens (including phenoxy) is 2. The highest BCUT2D eigenvalue weighted by Crippen LogP contribution is 2.34. The molecule has 1 aliphatic rings. The zero-order valence-corrected chi connectivity index (χ0v) is 33.6. The van der Waals surface area contributed by atoms with Gasteiger partial charge in [-0.05, 0) is 78.9 Å². The van der Waals surface area contributed by atoms with Gasteiger partial charge in [0.1, 0.15) is 23.7 Å². The molecule has 14 heteroatoms. The molecule has 59 heavy (non-hydrogen) atoms. The predicted octanol–water partition coefficient (Wildman–Crippen LogP) is 6.57. The van der Waals surface area contributed by atoms with Crippen molar-refractivity contribution in [2.24, 2.45) is 5.92 Å². The van der Waals surface area contributed by atoms with E-state index in [1.54, 1.807) is 12.1 Å². The van der Waals surface area contributed by atoms with Crippen LogP contribution in [0.5, 0.6) is 0 Å². The van der Waals surface area contributed by atoms with Crippen molar-refractivity contribution < 1.29 is 28.7 Å². The standard InChI is InChI=1S/C45H48N8O6/c1-27(2)38(51-44(56)58-3)43(55)53-24-10-13-36(53)41-49-34-22-19-31-25-28(17-20-32(31)40(34)50-41)15-16-29-18-21-33-35(26-29)48-37(47-33)14-8-9-23-46-42(54)39(52-45(57)59-4)30-11-6-5-7-12-30/h5-7,11-12,17-22,25-27,36,38-39H,8-10,13-14,23-24H2,1-4H3,(H,46,54)(H,47,48)(H,49,50)(H,51,56)(H,52,57). The largest absolute Gasteiger partial charge is 0.453 e. The SMILES string of the molecule is COC(=O)NC(C(=O)NCCCCc1nc2ccc(C#Cc3ccc4c(ccc5[nH]c(C6CCCN6C(=O)C(NC(=O)OC)C(C)C)nc54)c3)cc2[nH]1)c1ccccc1. The summed E-state index contributed by atoms with van der Waals surface area (Å²) >= 11 is 0. The number of alkyl carbamates (subject to hydrolysis) is 2. The first-order valence-electron chi connectivity index (χ1n) is 19.9. The Morgan fingerprint density at radius 2 is 1.59 bits per heavy atom. The van der Waals surface area contributed by atoms with Gasteiger partial charge >= 0.3 is 12.2 Å². The molecular formula is C45H48N8O6. The van der Waals surface area contributed by atoms with E-state index in [9.17, 15) is 19.2 Å². The smallest absolute Gasteiger partial charge is 0.407 e. The van der Waals surface area contributed by atoms with Crippen LogP contribution in [-0.2, 0) is 25.5 Å². The first kappa shape index (κ1) is 40.3. The number of carbonyl (C=O) groups is 4. The minimum Gasteiger partial charge on any atom is -0.453 e. The number of aromatic nitrogens is 4. The zero-order chi connectivity index (χ0) is 41.5. The number of likely N-dealkylation sites (tertiary alicyclic amines) is 1. The summed E-state index contributed by atoms with van der Waals surface area (Å²) in [7, 11) is 2.55. The van der Waals surface area contributed by atoms with Crippen LogP contribution >= 0.6 is 0 Å². The summed E-state index contributed by atoms with van der Waals surface area (Å²) < 4.78 is 9.48. The van der Waals surface area contributed by atoms with Crippen molar-refractivity contribution in [2.75, 3.05) is 27.3 Å². The summed E-state index contributed by atoms with van der Waals surface area (Å²) in [4.78, 5) is 68.9. The van der Waals surface area contributed by atoms with Crippen LogP contribution in [0.25, 0.3) is 32.8 Å². The molecule has 2 aromatic heterocycles. The number of H-pyrrole nitrogens is 2. The van der Waals surface area contributed by atoms with Crippen molar-refractivity contribution >= 4 is 56.8 Å². The molecule has 4 amide bonds. The molecule has 0 bridgehead atoms. The van der Waals surface area contributed by atoms with E-state index >= 15 is 0 Å². The minimum absolute atomic E-state index is 0.113. The number of imidazole rings is 2. The fourth-order valence-electron chi connectivity index (χ4n) is 7.51. The number of nitrogens with zero attached hydrogens (tertiary/aromatic N) is 3. The number of benzene rings is 4. The van der Waals surface area contributed by atoms with E-state index < -0.39 is 24.3 Å². The second-order valence-corrected chi connectivity index (χ2v) is 15.0. The van der Waals surface area contributed by atoms with Gasteiger partial charge in [-0.15, -0.1) is 0 Å². The fraction of sp³-hybridized carbons (Fsp3) is 0.333. The van der Waals surface area contributed by atoms with Crippen LogP contribution in [0, 0.1) is 17.8 Å². The van der Waals surface area contributed by atoms with Gasteiger partial charge in [-0.2, -0.15) is 0 Å². The maximum Gasteiger partial charge on any atom is 0.407 e. The molecule has 7 rings (SSSR count). The Morgan fingerprint density at radius 3 is 2.36 bits per heavy atom. The third kappa shape index (κ3) is 9.31. The number of fused-ring (bicyclic) bond motifs is 4. The van der Waals surface area contributed by atoms with Crippen LogP contribution in [0.2, 0.25) is 0 Å². The number of rotatable bonds is 12. The van der Waals surface area contributed by atoms with E-state index in [2.05, 4.69) is 43.8 Å². The maximum absolute atomic E-state index is 13.6. The molecule has 1 aliphatic heterocycles. The van der Waals surface area contributed by atoms with E-state index in [0.29, 0.717) is 25.1 Å². The van der Waals surface area contributed by atoms with Crippen LogP contribution in [0.4, 0.5) is 9.59 Å². The summed E-state index contributed by atoms with van der Waals surface area (Å²) in [6, 6.07) is 23.3. The summed E-state index contributed by atoms with van der Waals surface area (Å²) in [5.74, 6) is 7.63. The number of methoxy groups -OCH3 is 2. The van der Waals surface area contributed by atoms with Gasteiger partial charge in [-0.1, -0.05) is 68.2 Å². The van der Waals surface area contributed by atoms with E-state index in [0.717, 1.165) is 81.3 Å². The monoisotopic (exact) mass is 796 g/mol. The Labute approximate surface area is 341 Å². The highest BCUT2D eigenvalue weighted by molar-refractivity contribution is 6.04. The number of amides is 4. The molecule has 0 spiro atoms. The molecule has 3 unspecified atom stereocenters. The molecule has 1 saturated heterocycles.